The molecule has 0 unspecified atom stereocenters. The lowest BCUT2D eigenvalue weighted by Crippen LogP contribution is -2.52. The maximum Gasteiger partial charge on any atom is 0.224 e. The number of rotatable bonds is 4. The second kappa shape index (κ2) is 6.46. The largest absolute Gasteiger partial charge is 0.396 e. The number of nitrogens with zero attached hydrogens (tertiary/aromatic N) is 2. The third kappa shape index (κ3) is 3.44. The number of hydrogen-bond acceptors (Lipinski definition) is 4. The summed E-state index contributed by atoms with van der Waals surface area (Å²) in [6.07, 6.45) is 2.42. The monoisotopic (exact) mass is 286 g/mol. The highest BCUT2D eigenvalue weighted by molar-refractivity contribution is 8.00. The van der Waals surface area contributed by atoms with Crippen LogP contribution in [0.2, 0.25) is 0 Å². The molecule has 2 aliphatic heterocycles. The average molecular weight is 286 g/mol. The Kier molecular flexibility index (Phi) is 5.15. The first-order valence-electron chi connectivity index (χ1n) is 7.35. The van der Waals surface area contributed by atoms with Gasteiger partial charge < -0.3 is 10.0 Å². The fourth-order valence-electron chi connectivity index (χ4n) is 3.16. The van der Waals surface area contributed by atoms with Gasteiger partial charge in [0, 0.05) is 38.4 Å². The maximum absolute atomic E-state index is 11.8. The molecule has 110 valence electrons. The number of likely N-dealkylation sites (tertiary alicyclic amines) is 1. The topological polar surface area (TPSA) is 43.8 Å². The smallest absolute Gasteiger partial charge is 0.224 e. The molecule has 0 atom stereocenters. The fourth-order valence-corrected chi connectivity index (χ4v) is 4.67. The van der Waals surface area contributed by atoms with Gasteiger partial charge in [-0.3, -0.25) is 9.69 Å². The summed E-state index contributed by atoms with van der Waals surface area (Å²) < 4.78 is 0. The zero-order valence-electron chi connectivity index (χ0n) is 12.1. The molecule has 2 heterocycles. The van der Waals surface area contributed by atoms with Crippen molar-refractivity contribution >= 4 is 17.7 Å². The SMILES string of the molecule is CC(C)CN1CCSC12CCN(C(=O)CCO)CC2. The number of amides is 1. The number of carbonyl (C=O) groups is 1. The van der Waals surface area contributed by atoms with Crippen LogP contribution in [-0.4, -0.2) is 64.2 Å². The lowest BCUT2D eigenvalue weighted by molar-refractivity contribution is -0.133. The van der Waals surface area contributed by atoms with Gasteiger partial charge in [-0.05, 0) is 18.8 Å². The molecule has 0 aromatic rings. The molecule has 1 N–H and O–H groups in total. The second-order valence-corrected chi connectivity index (χ2v) is 7.45. The molecule has 0 aliphatic carbocycles. The molecule has 19 heavy (non-hydrogen) atoms. The van der Waals surface area contributed by atoms with Crippen LogP contribution in [0, 0.1) is 5.92 Å². The molecule has 0 aromatic carbocycles. The van der Waals surface area contributed by atoms with Crippen LogP contribution in [0.15, 0.2) is 0 Å². The third-order valence-electron chi connectivity index (χ3n) is 4.12. The van der Waals surface area contributed by atoms with Crippen LogP contribution in [-0.2, 0) is 4.79 Å². The van der Waals surface area contributed by atoms with Crippen molar-refractivity contribution in [3.8, 4) is 0 Å². The first kappa shape index (κ1) is 15.1. The molecular formula is C14H26N2O2S. The van der Waals surface area contributed by atoms with Crippen LogP contribution < -0.4 is 0 Å². The predicted octanol–water partition coefficient (Wildman–Crippen LogP) is 1.39. The molecule has 1 spiro atoms. The van der Waals surface area contributed by atoms with E-state index in [1.807, 2.05) is 4.90 Å². The van der Waals surface area contributed by atoms with E-state index in [2.05, 4.69) is 30.5 Å². The highest BCUT2D eigenvalue weighted by atomic mass is 32.2. The minimum Gasteiger partial charge on any atom is -0.396 e. The van der Waals surface area contributed by atoms with E-state index in [4.69, 9.17) is 5.11 Å². The summed E-state index contributed by atoms with van der Waals surface area (Å²) in [5.74, 6) is 2.03. The summed E-state index contributed by atoms with van der Waals surface area (Å²) in [6, 6.07) is 0. The molecule has 1 amide bonds. The molecule has 5 heteroatoms. The van der Waals surface area contributed by atoms with Crippen LogP contribution in [0.3, 0.4) is 0 Å². The normalized spacial score (nSPS) is 23.5. The van der Waals surface area contributed by atoms with E-state index < -0.39 is 0 Å². The van der Waals surface area contributed by atoms with Crippen molar-refractivity contribution in [2.45, 2.75) is 38.0 Å². The van der Waals surface area contributed by atoms with Gasteiger partial charge in [-0.25, -0.2) is 0 Å². The van der Waals surface area contributed by atoms with Crippen molar-refractivity contribution in [1.29, 1.82) is 0 Å². The molecule has 2 rings (SSSR count). The molecule has 2 aliphatic rings. The van der Waals surface area contributed by atoms with Gasteiger partial charge in [0.2, 0.25) is 5.91 Å². The second-order valence-electron chi connectivity index (χ2n) is 5.99. The van der Waals surface area contributed by atoms with Crippen LogP contribution in [0.1, 0.15) is 33.1 Å². The van der Waals surface area contributed by atoms with Crippen molar-refractivity contribution in [3.05, 3.63) is 0 Å². The summed E-state index contributed by atoms with van der Waals surface area (Å²) >= 11 is 2.08. The fraction of sp³-hybridized carbons (Fsp3) is 0.929. The quantitative estimate of drug-likeness (QED) is 0.848. The molecule has 0 radical (unpaired) electrons. The maximum atomic E-state index is 11.8. The van der Waals surface area contributed by atoms with Crippen molar-refractivity contribution in [2.24, 2.45) is 5.92 Å². The first-order chi connectivity index (χ1) is 9.07. The van der Waals surface area contributed by atoms with Crippen LogP contribution in [0.25, 0.3) is 0 Å². The van der Waals surface area contributed by atoms with Gasteiger partial charge in [-0.2, -0.15) is 0 Å². The van der Waals surface area contributed by atoms with Gasteiger partial charge in [-0.1, -0.05) is 13.8 Å². The molecule has 0 bridgehead atoms. The van der Waals surface area contributed by atoms with E-state index >= 15 is 0 Å². The van der Waals surface area contributed by atoms with E-state index in [0.29, 0.717) is 5.92 Å². The van der Waals surface area contributed by atoms with Crippen molar-refractivity contribution in [3.63, 3.8) is 0 Å². The third-order valence-corrected chi connectivity index (χ3v) is 5.71. The Labute approximate surface area is 120 Å². The van der Waals surface area contributed by atoms with E-state index in [-0.39, 0.29) is 23.8 Å². The number of aliphatic hydroxyl groups excluding tert-OH is 1. The summed E-state index contributed by atoms with van der Waals surface area (Å²) in [5.41, 5.74) is 0. The van der Waals surface area contributed by atoms with Gasteiger partial charge in [0.25, 0.3) is 0 Å². The Morgan fingerprint density at radius 1 is 1.32 bits per heavy atom. The van der Waals surface area contributed by atoms with Gasteiger partial charge in [0.05, 0.1) is 11.5 Å². The zero-order chi connectivity index (χ0) is 13.9. The minimum atomic E-state index is -0.0330. The van der Waals surface area contributed by atoms with E-state index in [0.717, 1.165) is 32.5 Å². The number of thioether (sulfide) groups is 1. The molecule has 2 saturated heterocycles. The van der Waals surface area contributed by atoms with Gasteiger partial charge >= 0.3 is 0 Å². The number of piperidine rings is 1. The van der Waals surface area contributed by atoms with E-state index in [1.54, 1.807) is 0 Å². The van der Waals surface area contributed by atoms with Gasteiger partial charge in [-0.15, -0.1) is 11.8 Å². The summed E-state index contributed by atoms with van der Waals surface area (Å²) in [4.78, 5) is 16.6. The molecule has 0 saturated carbocycles. The Morgan fingerprint density at radius 2 is 2.00 bits per heavy atom. The lowest BCUT2D eigenvalue weighted by atomic mass is 10.0. The molecular weight excluding hydrogens is 260 g/mol. The Morgan fingerprint density at radius 3 is 2.58 bits per heavy atom. The average Bonchev–Trinajstić information content (AvgIpc) is 2.73. The lowest BCUT2D eigenvalue weighted by Gasteiger charge is -2.44. The van der Waals surface area contributed by atoms with E-state index in [9.17, 15) is 4.79 Å². The number of hydrogen-bond donors (Lipinski definition) is 1. The summed E-state index contributed by atoms with van der Waals surface area (Å²) in [5, 5.41) is 8.85. The first-order valence-corrected chi connectivity index (χ1v) is 8.33. The van der Waals surface area contributed by atoms with Gasteiger partial charge in [0.15, 0.2) is 0 Å². The highest BCUT2D eigenvalue weighted by Gasteiger charge is 2.44. The summed E-state index contributed by atoms with van der Waals surface area (Å²) in [7, 11) is 0. The minimum absolute atomic E-state index is 0.0330. The Hall–Kier alpha value is -0.260. The van der Waals surface area contributed by atoms with Crippen LogP contribution in [0.4, 0.5) is 0 Å². The Balaban J connectivity index is 1.92. The standard InChI is InChI=1S/C14H26N2O2S/c1-12(2)11-16-8-10-19-14(16)4-6-15(7-5-14)13(18)3-9-17/h12,17H,3-11H2,1-2H3. The highest BCUT2D eigenvalue weighted by Crippen LogP contribution is 2.44. The van der Waals surface area contributed by atoms with Crippen molar-refractivity contribution in [1.82, 2.24) is 9.80 Å². The molecule has 2 fully saturated rings. The van der Waals surface area contributed by atoms with Gasteiger partial charge in [0.1, 0.15) is 0 Å². The van der Waals surface area contributed by atoms with Crippen LogP contribution in [0.5, 0.6) is 0 Å². The molecule has 4 nitrogen and oxygen atoms in total. The number of carbonyl (C=O) groups excluding carboxylic acids is 1. The van der Waals surface area contributed by atoms with Crippen molar-refractivity contribution < 1.29 is 9.90 Å². The predicted molar refractivity (Wildman–Crippen MR) is 79.1 cm³/mol. The molecule has 0 aromatic heterocycles. The zero-order valence-corrected chi connectivity index (χ0v) is 12.9. The van der Waals surface area contributed by atoms with Crippen LogP contribution >= 0.6 is 11.8 Å². The van der Waals surface area contributed by atoms with Crippen molar-refractivity contribution in [2.75, 3.05) is 38.5 Å². The number of aliphatic hydroxyl groups is 1. The van der Waals surface area contributed by atoms with E-state index in [1.165, 1.54) is 12.3 Å². The Bertz CT molecular complexity index is 315. The summed E-state index contributed by atoms with van der Waals surface area (Å²) in [6.45, 7) is 8.56.